The molecule has 2 fully saturated rings. The van der Waals surface area contributed by atoms with Gasteiger partial charge in [-0.1, -0.05) is 12.8 Å². The minimum absolute atomic E-state index is 0.375. The number of rotatable bonds is 3. The lowest BCUT2D eigenvalue weighted by atomic mass is 9.95. The van der Waals surface area contributed by atoms with Crippen LogP contribution in [0.2, 0.25) is 0 Å². The molecule has 0 atom stereocenters. The van der Waals surface area contributed by atoms with E-state index in [1.54, 1.807) is 10.4 Å². The van der Waals surface area contributed by atoms with Crippen molar-refractivity contribution in [1.29, 1.82) is 0 Å². The van der Waals surface area contributed by atoms with Crippen molar-refractivity contribution in [3.8, 4) is 0 Å². The molecule has 1 saturated carbocycles. The molecule has 1 aliphatic heterocycles. The molecular weight excluding hydrogens is 314 g/mol. The second kappa shape index (κ2) is 6.71. The molecule has 2 N–H and O–H groups in total. The molecule has 1 aromatic carbocycles. The Morgan fingerprint density at radius 2 is 1.91 bits per heavy atom. The minimum atomic E-state index is -2.78. The SMILES string of the molecule is COC(=O)c1cc(C2CCCC2)cc(N2CCCCS2(O)O)c1. The Bertz CT molecular complexity index is 584. The predicted molar refractivity (Wildman–Crippen MR) is 93.3 cm³/mol. The van der Waals surface area contributed by atoms with Gasteiger partial charge in [-0.15, -0.1) is 10.8 Å². The van der Waals surface area contributed by atoms with Crippen LogP contribution in [0.1, 0.15) is 60.4 Å². The van der Waals surface area contributed by atoms with Crippen molar-refractivity contribution in [3.63, 3.8) is 0 Å². The third-order valence-corrected chi connectivity index (χ3v) is 6.79. The second-order valence-electron chi connectivity index (χ2n) is 6.43. The van der Waals surface area contributed by atoms with Crippen LogP contribution in [0.4, 0.5) is 5.69 Å². The Hall–Kier alpha value is -1.24. The van der Waals surface area contributed by atoms with E-state index >= 15 is 0 Å². The zero-order chi connectivity index (χ0) is 16.4. The molecule has 128 valence electrons. The maximum atomic E-state index is 12.0. The van der Waals surface area contributed by atoms with Gasteiger partial charge in [-0.3, -0.25) is 13.4 Å². The monoisotopic (exact) mass is 339 g/mol. The van der Waals surface area contributed by atoms with Crippen molar-refractivity contribution in [2.75, 3.05) is 23.7 Å². The number of ether oxygens (including phenoxy) is 1. The van der Waals surface area contributed by atoms with E-state index in [4.69, 9.17) is 4.74 Å². The molecule has 0 unspecified atom stereocenters. The molecule has 1 saturated heterocycles. The van der Waals surface area contributed by atoms with Crippen molar-refractivity contribution >= 4 is 22.4 Å². The van der Waals surface area contributed by atoms with Gasteiger partial charge in [0.25, 0.3) is 0 Å². The highest BCUT2D eigenvalue weighted by atomic mass is 32.3. The summed E-state index contributed by atoms with van der Waals surface area (Å²) < 4.78 is 27.3. The molecule has 0 spiro atoms. The van der Waals surface area contributed by atoms with Gasteiger partial charge in [0.15, 0.2) is 0 Å². The highest BCUT2D eigenvalue weighted by Crippen LogP contribution is 2.50. The van der Waals surface area contributed by atoms with Crippen molar-refractivity contribution in [2.24, 2.45) is 0 Å². The maximum absolute atomic E-state index is 12.0. The highest BCUT2D eigenvalue weighted by Gasteiger charge is 2.29. The van der Waals surface area contributed by atoms with E-state index in [0.717, 1.165) is 36.9 Å². The third kappa shape index (κ3) is 3.49. The van der Waals surface area contributed by atoms with Crippen LogP contribution < -0.4 is 4.31 Å². The Morgan fingerprint density at radius 1 is 1.17 bits per heavy atom. The molecule has 2 aliphatic rings. The van der Waals surface area contributed by atoms with Gasteiger partial charge in [-0.25, -0.2) is 4.79 Å². The van der Waals surface area contributed by atoms with Crippen molar-refractivity contribution in [1.82, 2.24) is 0 Å². The first-order valence-electron chi connectivity index (χ1n) is 8.28. The van der Waals surface area contributed by atoms with E-state index in [1.165, 1.54) is 20.0 Å². The van der Waals surface area contributed by atoms with Crippen molar-refractivity contribution in [3.05, 3.63) is 29.3 Å². The van der Waals surface area contributed by atoms with E-state index in [1.807, 2.05) is 12.1 Å². The normalized spacial score (nSPS) is 22.8. The van der Waals surface area contributed by atoms with E-state index in [9.17, 15) is 13.9 Å². The Morgan fingerprint density at radius 3 is 2.57 bits per heavy atom. The van der Waals surface area contributed by atoms with E-state index in [2.05, 4.69) is 0 Å². The number of carbonyl (C=O) groups excluding carboxylic acids is 1. The Labute approximate surface area is 139 Å². The van der Waals surface area contributed by atoms with Crippen molar-refractivity contribution < 1.29 is 18.6 Å². The largest absolute Gasteiger partial charge is 0.465 e. The molecule has 1 aromatic rings. The number of carbonyl (C=O) groups is 1. The zero-order valence-corrected chi connectivity index (χ0v) is 14.3. The van der Waals surface area contributed by atoms with Crippen LogP contribution in [0, 0.1) is 0 Å². The average molecular weight is 339 g/mol. The third-order valence-electron chi connectivity index (χ3n) is 4.86. The fraction of sp³-hybridized carbons (Fsp3) is 0.588. The summed E-state index contributed by atoms with van der Waals surface area (Å²) in [6.45, 7) is 0.608. The van der Waals surface area contributed by atoms with Crippen LogP contribution in [-0.2, 0) is 4.74 Å². The van der Waals surface area contributed by atoms with Crippen LogP contribution in [0.3, 0.4) is 0 Å². The summed E-state index contributed by atoms with van der Waals surface area (Å²) in [4.78, 5) is 12.0. The van der Waals surface area contributed by atoms with E-state index < -0.39 is 10.8 Å². The molecule has 3 rings (SSSR count). The number of esters is 1. The van der Waals surface area contributed by atoms with Gasteiger partial charge in [0.05, 0.1) is 24.1 Å². The van der Waals surface area contributed by atoms with Crippen LogP contribution in [0.25, 0.3) is 0 Å². The number of hydrogen-bond acceptors (Lipinski definition) is 5. The molecule has 23 heavy (non-hydrogen) atoms. The molecule has 0 radical (unpaired) electrons. The lowest BCUT2D eigenvalue weighted by molar-refractivity contribution is 0.0600. The van der Waals surface area contributed by atoms with Crippen LogP contribution in [0.15, 0.2) is 18.2 Å². The fourth-order valence-electron chi connectivity index (χ4n) is 3.61. The second-order valence-corrected chi connectivity index (χ2v) is 8.55. The summed E-state index contributed by atoms with van der Waals surface area (Å²) in [5.74, 6) is 0.471. The van der Waals surface area contributed by atoms with Gasteiger partial charge >= 0.3 is 5.97 Å². The Kier molecular flexibility index (Phi) is 4.85. The van der Waals surface area contributed by atoms with Gasteiger partial charge in [0.1, 0.15) is 0 Å². The molecular formula is C17H25NO4S. The molecule has 5 nitrogen and oxygen atoms in total. The number of benzene rings is 1. The zero-order valence-electron chi connectivity index (χ0n) is 13.5. The van der Waals surface area contributed by atoms with Crippen LogP contribution in [0.5, 0.6) is 0 Å². The van der Waals surface area contributed by atoms with Crippen LogP contribution in [-0.4, -0.2) is 34.5 Å². The lowest BCUT2D eigenvalue weighted by Gasteiger charge is -2.47. The number of anilines is 1. The maximum Gasteiger partial charge on any atom is 0.337 e. The van der Waals surface area contributed by atoms with Gasteiger partial charge in [0, 0.05) is 6.54 Å². The quantitative estimate of drug-likeness (QED) is 0.799. The summed E-state index contributed by atoms with van der Waals surface area (Å²) >= 11 is 0. The molecule has 0 bridgehead atoms. The van der Waals surface area contributed by atoms with E-state index in [0.29, 0.717) is 23.8 Å². The number of hydrogen-bond donors (Lipinski definition) is 2. The smallest absolute Gasteiger partial charge is 0.337 e. The first kappa shape index (κ1) is 16.6. The van der Waals surface area contributed by atoms with E-state index in [-0.39, 0.29) is 5.97 Å². The molecule has 0 amide bonds. The molecule has 0 aromatic heterocycles. The predicted octanol–water partition coefficient (Wildman–Crippen LogP) is 4.40. The first-order valence-corrected chi connectivity index (χ1v) is 9.95. The Balaban J connectivity index is 2.00. The van der Waals surface area contributed by atoms with Gasteiger partial charge in [-0.05, 0) is 55.4 Å². The van der Waals surface area contributed by atoms with Crippen molar-refractivity contribution in [2.45, 2.75) is 44.4 Å². The summed E-state index contributed by atoms with van der Waals surface area (Å²) in [6, 6.07) is 5.66. The molecule has 1 heterocycles. The summed E-state index contributed by atoms with van der Waals surface area (Å²) in [6.07, 6.45) is 6.42. The van der Waals surface area contributed by atoms with Gasteiger partial charge in [-0.2, -0.15) is 0 Å². The topological polar surface area (TPSA) is 70.0 Å². The van der Waals surface area contributed by atoms with Gasteiger partial charge < -0.3 is 4.74 Å². The average Bonchev–Trinajstić information content (AvgIpc) is 3.07. The van der Waals surface area contributed by atoms with Gasteiger partial charge in [0.2, 0.25) is 0 Å². The van der Waals surface area contributed by atoms with Crippen LogP contribution >= 0.6 is 10.8 Å². The molecule has 6 heteroatoms. The highest BCUT2D eigenvalue weighted by molar-refractivity contribution is 8.25. The number of methoxy groups -OCH3 is 1. The molecule has 1 aliphatic carbocycles. The summed E-state index contributed by atoms with van der Waals surface area (Å²) in [7, 11) is -1.41. The standard InChI is InChI=1S/C17H25NO4S/c1-22-17(19)15-10-14(13-6-2-3-7-13)11-16(12-15)18-8-4-5-9-23(18,20)21/h10-13,20-21H,2-9H2,1H3. The first-order chi connectivity index (χ1) is 11.0. The number of nitrogens with zero attached hydrogens (tertiary/aromatic N) is 1. The summed E-state index contributed by atoms with van der Waals surface area (Å²) in [5.41, 5.74) is 2.34. The minimum Gasteiger partial charge on any atom is -0.465 e. The lowest BCUT2D eigenvalue weighted by Crippen LogP contribution is -2.34. The summed E-state index contributed by atoms with van der Waals surface area (Å²) in [5, 5.41) is 0. The fourth-order valence-corrected chi connectivity index (χ4v) is 5.29.